The molecule has 0 radical (unpaired) electrons. The van der Waals surface area contributed by atoms with Crippen molar-refractivity contribution in [1.29, 1.82) is 0 Å². The lowest BCUT2D eigenvalue weighted by atomic mass is 10.00. The smallest absolute Gasteiger partial charge is 0.0521 e. The molecule has 0 fully saturated rings. The fourth-order valence-electron chi connectivity index (χ4n) is 2.36. The number of nitrogens with one attached hydrogen (secondary N) is 1. The van der Waals surface area contributed by atoms with E-state index in [0.717, 1.165) is 30.8 Å². The molecule has 20 heavy (non-hydrogen) atoms. The van der Waals surface area contributed by atoms with Crippen LogP contribution in [0.4, 0.5) is 0 Å². The summed E-state index contributed by atoms with van der Waals surface area (Å²) in [4.78, 5) is 0. The van der Waals surface area contributed by atoms with Gasteiger partial charge < -0.3 is 5.32 Å². The van der Waals surface area contributed by atoms with Gasteiger partial charge in [0.2, 0.25) is 0 Å². The third-order valence-electron chi connectivity index (χ3n) is 3.40. The minimum absolute atomic E-state index is 0.295. The second-order valence-corrected chi connectivity index (χ2v) is 5.50. The summed E-state index contributed by atoms with van der Waals surface area (Å²) in [5, 5.41) is 8.65. The molecule has 1 unspecified atom stereocenters. The first-order valence-electron chi connectivity index (χ1n) is 7.16. The summed E-state index contributed by atoms with van der Waals surface area (Å²) in [5.41, 5.74) is 2.45. The number of hydrogen-bond acceptors (Lipinski definition) is 2. The zero-order chi connectivity index (χ0) is 14.4. The van der Waals surface area contributed by atoms with Gasteiger partial charge in [-0.2, -0.15) is 5.10 Å². The third kappa shape index (κ3) is 4.09. The molecule has 0 saturated heterocycles. The molecular weight excluding hydrogens is 270 g/mol. The minimum Gasteiger partial charge on any atom is -0.310 e. The Labute approximate surface area is 126 Å². The first-order chi connectivity index (χ1) is 9.70. The van der Waals surface area contributed by atoms with Gasteiger partial charge in [-0.1, -0.05) is 36.7 Å². The summed E-state index contributed by atoms with van der Waals surface area (Å²) in [6.07, 6.45) is 7.15. The zero-order valence-electron chi connectivity index (χ0n) is 12.1. The fraction of sp³-hybridized carbons (Fsp3) is 0.438. The normalized spacial score (nSPS) is 12.6. The number of halogens is 1. The Morgan fingerprint density at radius 1 is 1.35 bits per heavy atom. The Bertz CT molecular complexity index is 536. The monoisotopic (exact) mass is 291 g/mol. The highest BCUT2D eigenvalue weighted by molar-refractivity contribution is 6.31. The summed E-state index contributed by atoms with van der Waals surface area (Å²) in [5.74, 6) is 0. The first-order valence-corrected chi connectivity index (χ1v) is 7.54. The van der Waals surface area contributed by atoms with Crippen LogP contribution in [0.5, 0.6) is 0 Å². The maximum atomic E-state index is 6.33. The number of hydrogen-bond donors (Lipinski definition) is 1. The number of aromatic nitrogens is 2. The van der Waals surface area contributed by atoms with Gasteiger partial charge in [0, 0.05) is 24.3 Å². The van der Waals surface area contributed by atoms with Crippen molar-refractivity contribution in [3.63, 3.8) is 0 Å². The van der Waals surface area contributed by atoms with E-state index in [1.165, 1.54) is 11.1 Å². The lowest BCUT2D eigenvalue weighted by Crippen LogP contribution is -2.23. The highest BCUT2D eigenvalue weighted by atomic mass is 35.5. The van der Waals surface area contributed by atoms with Gasteiger partial charge in [0.05, 0.1) is 6.20 Å². The highest BCUT2D eigenvalue weighted by Gasteiger charge is 2.14. The largest absolute Gasteiger partial charge is 0.310 e. The molecule has 0 aliphatic carbocycles. The Kier molecular flexibility index (Phi) is 5.62. The van der Waals surface area contributed by atoms with Gasteiger partial charge >= 0.3 is 0 Å². The number of rotatable bonds is 7. The van der Waals surface area contributed by atoms with Crippen molar-refractivity contribution in [3.8, 4) is 0 Å². The Morgan fingerprint density at radius 3 is 2.80 bits per heavy atom. The molecule has 1 aromatic carbocycles. The number of nitrogens with zero attached hydrogens (tertiary/aromatic N) is 2. The average molecular weight is 292 g/mol. The van der Waals surface area contributed by atoms with Crippen LogP contribution in [0.3, 0.4) is 0 Å². The fourth-order valence-corrected chi connectivity index (χ4v) is 2.62. The van der Waals surface area contributed by atoms with Crippen LogP contribution >= 0.6 is 11.6 Å². The molecule has 2 aromatic rings. The van der Waals surface area contributed by atoms with Crippen LogP contribution in [0.1, 0.15) is 36.9 Å². The molecule has 0 aliphatic heterocycles. The van der Waals surface area contributed by atoms with Crippen LogP contribution in [0.2, 0.25) is 5.02 Å². The van der Waals surface area contributed by atoms with Crippen LogP contribution in [0, 0.1) is 0 Å². The summed E-state index contributed by atoms with van der Waals surface area (Å²) >= 11 is 6.33. The molecule has 0 amide bonds. The van der Waals surface area contributed by atoms with Crippen LogP contribution < -0.4 is 5.32 Å². The van der Waals surface area contributed by atoms with E-state index in [9.17, 15) is 0 Å². The molecule has 1 N–H and O–H groups in total. The molecular formula is C16H22ClN3. The van der Waals surface area contributed by atoms with Crippen LogP contribution in [0.15, 0.2) is 36.7 Å². The molecule has 1 aromatic heterocycles. The van der Waals surface area contributed by atoms with Gasteiger partial charge in [-0.05, 0) is 43.0 Å². The highest BCUT2D eigenvalue weighted by Crippen LogP contribution is 2.26. The van der Waals surface area contributed by atoms with Gasteiger partial charge in [-0.3, -0.25) is 4.68 Å². The van der Waals surface area contributed by atoms with Gasteiger partial charge in [0.1, 0.15) is 0 Å². The SMILES string of the molecule is CCCNC(CCc1cnn(C)c1)c1ccccc1Cl. The van der Waals surface area contributed by atoms with E-state index in [4.69, 9.17) is 11.6 Å². The topological polar surface area (TPSA) is 29.9 Å². The number of aryl methyl sites for hydroxylation is 2. The van der Waals surface area contributed by atoms with Crippen molar-refractivity contribution in [2.45, 2.75) is 32.2 Å². The van der Waals surface area contributed by atoms with E-state index in [1.54, 1.807) is 0 Å². The van der Waals surface area contributed by atoms with Crippen molar-refractivity contribution >= 4 is 11.6 Å². The van der Waals surface area contributed by atoms with E-state index < -0.39 is 0 Å². The van der Waals surface area contributed by atoms with Crippen LogP contribution in [0.25, 0.3) is 0 Å². The van der Waals surface area contributed by atoms with Crippen LogP contribution in [-0.2, 0) is 13.5 Å². The molecule has 1 heterocycles. The molecule has 0 bridgehead atoms. The second-order valence-electron chi connectivity index (χ2n) is 5.09. The predicted molar refractivity (Wildman–Crippen MR) is 84.0 cm³/mol. The summed E-state index contributed by atoms with van der Waals surface area (Å²) in [7, 11) is 1.95. The molecule has 0 saturated carbocycles. The summed E-state index contributed by atoms with van der Waals surface area (Å²) < 4.78 is 1.85. The second kappa shape index (κ2) is 7.46. The van der Waals surface area contributed by atoms with E-state index in [-0.39, 0.29) is 0 Å². The van der Waals surface area contributed by atoms with Crippen molar-refractivity contribution in [2.24, 2.45) is 7.05 Å². The van der Waals surface area contributed by atoms with Crippen molar-refractivity contribution in [3.05, 3.63) is 52.8 Å². The lowest BCUT2D eigenvalue weighted by molar-refractivity contribution is 0.499. The van der Waals surface area contributed by atoms with Gasteiger partial charge in [-0.25, -0.2) is 0 Å². The average Bonchev–Trinajstić information content (AvgIpc) is 2.86. The van der Waals surface area contributed by atoms with E-state index in [0.29, 0.717) is 6.04 Å². The Balaban J connectivity index is 2.05. The van der Waals surface area contributed by atoms with Crippen LogP contribution in [-0.4, -0.2) is 16.3 Å². The summed E-state index contributed by atoms with van der Waals surface area (Å²) in [6, 6.07) is 8.39. The molecule has 3 nitrogen and oxygen atoms in total. The maximum Gasteiger partial charge on any atom is 0.0521 e. The quantitative estimate of drug-likeness (QED) is 0.842. The van der Waals surface area contributed by atoms with Crippen molar-refractivity contribution in [1.82, 2.24) is 15.1 Å². The van der Waals surface area contributed by atoms with Gasteiger partial charge in [0.15, 0.2) is 0 Å². The molecule has 2 rings (SSSR count). The molecule has 4 heteroatoms. The Hall–Kier alpha value is -1.32. The van der Waals surface area contributed by atoms with E-state index in [2.05, 4.69) is 29.6 Å². The molecule has 0 spiro atoms. The minimum atomic E-state index is 0.295. The predicted octanol–water partition coefficient (Wildman–Crippen LogP) is 3.75. The number of benzene rings is 1. The van der Waals surface area contributed by atoms with Crippen molar-refractivity contribution < 1.29 is 0 Å². The standard InChI is InChI=1S/C16H22ClN3/c1-3-10-18-16(14-6-4-5-7-15(14)17)9-8-13-11-19-20(2)12-13/h4-7,11-12,16,18H,3,8-10H2,1-2H3. The van der Waals surface area contributed by atoms with E-state index >= 15 is 0 Å². The molecule has 108 valence electrons. The van der Waals surface area contributed by atoms with Crippen molar-refractivity contribution in [2.75, 3.05) is 6.54 Å². The van der Waals surface area contributed by atoms with E-state index in [1.807, 2.05) is 36.1 Å². The zero-order valence-corrected chi connectivity index (χ0v) is 12.9. The van der Waals surface area contributed by atoms with Gasteiger partial charge in [0.25, 0.3) is 0 Å². The Morgan fingerprint density at radius 2 is 2.15 bits per heavy atom. The maximum absolute atomic E-state index is 6.33. The lowest BCUT2D eigenvalue weighted by Gasteiger charge is -2.20. The molecule has 0 aliphatic rings. The van der Waals surface area contributed by atoms with Gasteiger partial charge in [-0.15, -0.1) is 0 Å². The summed E-state index contributed by atoms with van der Waals surface area (Å²) in [6.45, 7) is 3.18. The first kappa shape index (κ1) is 15.1. The third-order valence-corrected chi connectivity index (χ3v) is 3.75. The molecule has 1 atom stereocenters.